The minimum atomic E-state index is -4.59. The Kier molecular flexibility index (Phi) is 7.98. The average Bonchev–Trinajstić information content (AvgIpc) is 3.76. The smallest absolute Gasteiger partial charge is 0.417 e. The molecule has 0 bridgehead atoms. The summed E-state index contributed by atoms with van der Waals surface area (Å²) in [7, 11) is 0. The van der Waals surface area contributed by atoms with Gasteiger partial charge in [0.2, 0.25) is 11.7 Å². The fraction of sp³-hybridized carbons (Fsp3) is 0.469. The van der Waals surface area contributed by atoms with Crippen molar-refractivity contribution in [2.75, 3.05) is 49.6 Å². The topological polar surface area (TPSA) is 160 Å². The number of carbonyl (C=O) groups is 2. The van der Waals surface area contributed by atoms with Crippen LogP contribution in [0.4, 0.5) is 23.9 Å². The zero-order valence-corrected chi connectivity index (χ0v) is 28.1. The zero-order valence-electron chi connectivity index (χ0n) is 29.2. The Morgan fingerprint density at radius 1 is 1.18 bits per heavy atom. The number of fused-ring (bicyclic) bond motifs is 3. The number of carbonyl (C=O) groups excluding carboxylic acids is 2. The molecule has 0 spiro atoms. The molecule has 264 valence electrons. The highest BCUT2D eigenvalue weighted by Gasteiger charge is 2.41. The minimum Gasteiger partial charge on any atom is -0.504 e. The van der Waals surface area contributed by atoms with E-state index in [1.54, 1.807) is 17.6 Å². The number of nitrogens with one attached hydrogen (secondary N) is 1. The number of alkyl halides is 3. The van der Waals surface area contributed by atoms with Gasteiger partial charge in [-0.1, -0.05) is 13.0 Å². The lowest BCUT2D eigenvalue weighted by Gasteiger charge is -2.36. The largest absolute Gasteiger partial charge is 0.504 e. The van der Waals surface area contributed by atoms with Gasteiger partial charge >= 0.3 is 6.18 Å². The van der Waals surface area contributed by atoms with Gasteiger partial charge in [0.05, 0.1) is 31.3 Å². The molecular weight excluding hydrogens is 679 g/mol. The number of aromatic nitrogens is 6. The highest BCUT2D eigenvalue weighted by molar-refractivity contribution is 7.14. The van der Waals surface area contributed by atoms with Crippen molar-refractivity contribution in [3.8, 4) is 5.75 Å². The predicted molar refractivity (Wildman–Crippen MR) is 177 cm³/mol. The number of allylic oxidation sites excluding steroid dienone is 1. The first-order valence-electron chi connectivity index (χ1n) is 16.9. The van der Waals surface area contributed by atoms with Gasteiger partial charge in [-0.25, -0.2) is 9.97 Å². The molecule has 0 aliphatic carbocycles. The van der Waals surface area contributed by atoms with E-state index >= 15 is 0 Å². The summed E-state index contributed by atoms with van der Waals surface area (Å²) >= 11 is 0.773. The third-order valence-electron chi connectivity index (χ3n) is 9.33. The molecule has 2 unspecified atom stereocenters. The van der Waals surface area contributed by atoms with Crippen LogP contribution in [0.1, 0.15) is 79.7 Å². The third-order valence-corrected chi connectivity index (χ3v) is 10.3. The van der Waals surface area contributed by atoms with Crippen molar-refractivity contribution in [1.29, 1.82) is 0 Å². The fourth-order valence-electron chi connectivity index (χ4n) is 6.70. The first kappa shape index (κ1) is 31.2. The third kappa shape index (κ3) is 5.78. The minimum absolute atomic E-state index is 0.0205. The molecule has 7 rings (SSSR count). The summed E-state index contributed by atoms with van der Waals surface area (Å²) in [6, 6.07) is -0.979. The van der Waals surface area contributed by atoms with E-state index in [2.05, 4.69) is 20.4 Å². The summed E-state index contributed by atoms with van der Waals surface area (Å²) in [6.07, 6.45) is -1.30. The second kappa shape index (κ2) is 12.8. The maximum absolute atomic E-state index is 14.4. The highest BCUT2D eigenvalue weighted by Crippen LogP contribution is 2.43. The summed E-state index contributed by atoms with van der Waals surface area (Å²) in [6.45, 7) is 3.55. The number of ether oxygens (including phenoxy) is 1. The van der Waals surface area contributed by atoms with E-state index in [9.17, 15) is 32.7 Å². The van der Waals surface area contributed by atoms with E-state index in [0.29, 0.717) is 11.3 Å². The molecule has 2 amide bonds. The van der Waals surface area contributed by atoms with E-state index in [-0.39, 0.29) is 103 Å². The summed E-state index contributed by atoms with van der Waals surface area (Å²) in [4.78, 5) is 57.5. The molecule has 0 aromatic carbocycles. The number of aromatic hydroxyl groups is 1. The van der Waals surface area contributed by atoms with Gasteiger partial charge in [-0.3, -0.25) is 19.0 Å². The molecule has 14 nitrogen and oxygen atoms in total. The fourth-order valence-corrected chi connectivity index (χ4v) is 7.69. The van der Waals surface area contributed by atoms with Crippen LogP contribution in [0, 0.1) is 13.8 Å². The zero-order chi connectivity index (χ0) is 37.3. The number of hydrogen-bond donors (Lipinski definition) is 2. The number of anilines is 2. The van der Waals surface area contributed by atoms with Crippen molar-refractivity contribution >= 4 is 45.2 Å². The SMILES string of the molecule is [2H]C1([2H])CCC(c2nc3n4c(c(N5CCN(C(=O)c6ncnc(C)c6O)CC5)c(=O)n3n2)C(C)CC4C(=O)Nc2scc(C(F)(F)F)c2C)=CCO1. The molecule has 1 saturated heterocycles. The van der Waals surface area contributed by atoms with Crippen molar-refractivity contribution < 1.29 is 35.3 Å². The molecule has 4 aromatic heterocycles. The quantitative estimate of drug-likeness (QED) is 0.310. The molecule has 0 radical (unpaired) electrons. The molecule has 2 N–H and O–H groups in total. The van der Waals surface area contributed by atoms with Crippen LogP contribution in [0.3, 0.4) is 0 Å². The number of aryl methyl sites for hydroxylation is 1. The normalized spacial score (nSPS) is 21.4. The lowest BCUT2D eigenvalue weighted by Crippen LogP contribution is -2.51. The van der Waals surface area contributed by atoms with Crippen molar-refractivity contribution in [2.45, 2.75) is 58.2 Å². The number of thiophene rings is 1. The van der Waals surface area contributed by atoms with Crippen molar-refractivity contribution in [1.82, 2.24) is 34.0 Å². The van der Waals surface area contributed by atoms with Crippen LogP contribution in [-0.4, -0.2) is 90.3 Å². The summed E-state index contributed by atoms with van der Waals surface area (Å²) < 4.78 is 64.7. The van der Waals surface area contributed by atoms with Gasteiger partial charge < -0.3 is 25.0 Å². The lowest BCUT2D eigenvalue weighted by molar-refractivity contribution is -0.137. The van der Waals surface area contributed by atoms with Gasteiger partial charge in [0.25, 0.3) is 11.5 Å². The molecule has 2 atom stereocenters. The molecule has 0 saturated carbocycles. The van der Waals surface area contributed by atoms with Crippen LogP contribution >= 0.6 is 11.3 Å². The maximum Gasteiger partial charge on any atom is 0.417 e. The van der Waals surface area contributed by atoms with Crippen molar-refractivity contribution in [2.24, 2.45) is 0 Å². The van der Waals surface area contributed by atoms with Gasteiger partial charge in [0.15, 0.2) is 17.3 Å². The average molecular weight is 716 g/mol. The monoisotopic (exact) mass is 715 g/mol. The Balaban J connectivity index is 1.28. The Morgan fingerprint density at radius 2 is 1.94 bits per heavy atom. The summed E-state index contributed by atoms with van der Waals surface area (Å²) in [5, 5.41) is 18.6. The Hall–Kier alpha value is -4.84. The number of halogens is 3. The lowest BCUT2D eigenvalue weighted by atomic mass is 10.0. The Bertz CT molecular complexity index is 2190. The first-order valence-corrected chi connectivity index (χ1v) is 16.8. The van der Waals surface area contributed by atoms with Gasteiger partial charge in [-0.2, -0.15) is 22.7 Å². The van der Waals surface area contributed by atoms with Crippen LogP contribution in [-0.2, 0) is 15.7 Å². The number of amides is 2. The Labute approximate surface area is 290 Å². The molecule has 3 aliphatic heterocycles. The van der Waals surface area contributed by atoms with Crippen LogP contribution in [0.2, 0.25) is 0 Å². The van der Waals surface area contributed by atoms with Gasteiger partial charge in [-0.05, 0) is 44.2 Å². The number of hydrogen-bond acceptors (Lipinski definition) is 11. The van der Waals surface area contributed by atoms with E-state index in [1.807, 2.05) is 11.8 Å². The highest BCUT2D eigenvalue weighted by atomic mass is 32.1. The van der Waals surface area contributed by atoms with Gasteiger partial charge in [-0.15, -0.1) is 16.4 Å². The van der Waals surface area contributed by atoms with Crippen LogP contribution in [0.15, 0.2) is 22.6 Å². The first-order chi connectivity index (χ1) is 24.6. The van der Waals surface area contributed by atoms with E-state index in [0.717, 1.165) is 21.2 Å². The van der Waals surface area contributed by atoms with E-state index in [1.165, 1.54) is 18.2 Å². The van der Waals surface area contributed by atoms with Crippen LogP contribution in [0.25, 0.3) is 11.4 Å². The molecule has 7 heterocycles. The molecule has 50 heavy (non-hydrogen) atoms. The summed E-state index contributed by atoms with van der Waals surface area (Å²) in [5.74, 6) is -1.56. The standard InChI is InChI=1S/C32H34F3N9O5S/c1-16-13-21(27(46)39-28-17(2)20(14-50-28)32(33,34)35)43-23(16)24(30(48)44-31(43)38-26(40-44)19-5-4-11-49-12-6-19)41-7-9-42(10-8-41)29(47)22-25(45)18(3)36-15-37-22/h6,14-16,21,45H,4-5,7-13H2,1-3H3,(H,39,46)/i11D2. The molecule has 3 aliphatic rings. The molecule has 18 heteroatoms. The predicted octanol–water partition coefficient (Wildman–Crippen LogP) is 3.93. The van der Waals surface area contributed by atoms with Crippen LogP contribution in [0.5, 0.6) is 5.75 Å². The van der Waals surface area contributed by atoms with Crippen LogP contribution < -0.4 is 15.8 Å². The second-order valence-electron chi connectivity index (χ2n) is 12.4. The second-order valence-corrected chi connectivity index (χ2v) is 13.3. The molecule has 4 aromatic rings. The van der Waals surface area contributed by atoms with Gasteiger partial charge in [0, 0.05) is 44.0 Å². The molecular formula is C32H34F3N9O5S. The Morgan fingerprint density at radius 3 is 2.66 bits per heavy atom. The number of rotatable bonds is 5. The van der Waals surface area contributed by atoms with E-state index in [4.69, 9.17) is 12.5 Å². The number of piperazine rings is 1. The van der Waals surface area contributed by atoms with Crippen molar-refractivity contribution in [3.63, 3.8) is 0 Å². The maximum atomic E-state index is 14.4. The van der Waals surface area contributed by atoms with Gasteiger partial charge in [0.1, 0.15) is 18.1 Å². The number of nitrogens with zero attached hydrogens (tertiary/aromatic N) is 8. The molecule has 1 fully saturated rings. The van der Waals surface area contributed by atoms with Crippen molar-refractivity contribution in [3.05, 3.63) is 62.2 Å². The summed E-state index contributed by atoms with van der Waals surface area (Å²) in [5.41, 5.74) is -0.0261. The van der Waals surface area contributed by atoms with E-state index < -0.39 is 41.7 Å².